The molecule has 0 unspecified atom stereocenters. The average Bonchev–Trinajstić information content (AvgIpc) is 3.13. The van der Waals surface area contributed by atoms with Crippen molar-refractivity contribution in [2.45, 2.75) is 19.8 Å². The molecule has 0 radical (unpaired) electrons. The second-order valence-corrected chi connectivity index (χ2v) is 6.27. The van der Waals surface area contributed by atoms with Crippen LogP contribution in [-0.2, 0) is 11.2 Å². The maximum absolute atomic E-state index is 5.74. The number of methoxy groups -OCH3 is 1. The Bertz CT molecular complexity index is 635. The highest BCUT2D eigenvalue weighted by atomic mass is 127. The Morgan fingerprint density at radius 1 is 1.23 bits per heavy atom. The van der Waals surface area contributed by atoms with Gasteiger partial charge in [0.1, 0.15) is 5.75 Å². The molecule has 0 amide bonds. The summed E-state index contributed by atoms with van der Waals surface area (Å²) in [7, 11) is 1.70. The Balaban J connectivity index is 0.00000338. The molecule has 0 saturated carbocycles. The lowest BCUT2D eigenvalue weighted by molar-refractivity contribution is 0.172. The SMILES string of the molecule is CCNC(=NCCc1ccsc1)Nc1cccc(OCCCOC)c1.I. The number of anilines is 1. The Morgan fingerprint density at radius 3 is 2.85 bits per heavy atom. The van der Waals surface area contributed by atoms with E-state index in [4.69, 9.17) is 9.47 Å². The van der Waals surface area contributed by atoms with E-state index in [9.17, 15) is 0 Å². The van der Waals surface area contributed by atoms with Crippen LogP contribution in [0.2, 0.25) is 0 Å². The molecule has 0 fully saturated rings. The molecule has 26 heavy (non-hydrogen) atoms. The molecule has 144 valence electrons. The zero-order valence-electron chi connectivity index (χ0n) is 15.4. The molecule has 2 rings (SSSR count). The van der Waals surface area contributed by atoms with Gasteiger partial charge in [0.25, 0.3) is 0 Å². The van der Waals surface area contributed by atoms with E-state index in [1.165, 1.54) is 5.56 Å². The smallest absolute Gasteiger partial charge is 0.195 e. The van der Waals surface area contributed by atoms with Crippen molar-refractivity contribution < 1.29 is 9.47 Å². The van der Waals surface area contributed by atoms with Crippen LogP contribution in [0.5, 0.6) is 5.75 Å². The maximum Gasteiger partial charge on any atom is 0.195 e. The molecular weight excluding hydrogens is 461 g/mol. The van der Waals surface area contributed by atoms with Gasteiger partial charge >= 0.3 is 0 Å². The minimum absolute atomic E-state index is 0. The molecule has 1 heterocycles. The number of guanidine groups is 1. The Labute approximate surface area is 177 Å². The van der Waals surface area contributed by atoms with Gasteiger partial charge in [-0.1, -0.05) is 6.07 Å². The first-order valence-electron chi connectivity index (χ1n) is 8.60. The highest BCUT2D eigenvalue weighted by Crippen LogP contribution is 2.17. The molecule has 0 bridgehead atoms. The number of hydrogen-bond acceptors (Lipinski definition) is 4. The quantitative estimate of drug-likeness (QED) is 0.225. The lowest BCUT2D eigenvalue weighted by Gasteiger charge is -2.13. The maximum atomic E-state index is 5.74. The molecule has 1 aromatic heterocycles. The van der Waals surface area contributed by atoms with Gasteiger partial charge in [-0.25, -0.2) is 0 Å². The van der Waals surface area contributed by atoms with Crippen LogP contribution in [0.25, 0.3) is 0 Å². The van der Waals surface area contributed by atoms with Gasteiger partial charge in [-0.3, -0.25) is 4.99 Å². The van der Waals surface area contributed by atoms with Gasteiger partial charge in [-0.2, -0.15) is 11.3 Å². The van der Waals surface area contributed by atoms with E-state index < -0.39 is 0 Å². The number of halogens is 1. The minimum atomic E-state index is 0. The van der Waals surface area contributed by atoms with Crippen molar-refractivity contribution in [3.8, 4) is 5.75 Å². The summed E-state index contributed by atoms with van der Waals surface area (Å²) in [6, 6.07) is 10.1. The minimum Gasteiger partial charge on any atom is -0.493 e. The first kappa shape index (κ1) is 22.7. The van der Waals surface area contributed by atoms with Crippen LogP contribution in [0.15, 0.2) is 46.1 Å². The fourth-order valence-corrected chi connectivity index (χ4v) is 2.94. The number of ether oxygens (including phenoxy) is 2. The Morgan fingerprint density at radius 2 is 2.12 bits per heavy atom. The average molecular weight is 489 g/mol. The van der Waals surface area contributed by atoms with Crippen LogP contribution in [0.4, 0.5) is 5.69 Å². The van der Waals surface area contributed by atoms with Crippen LogP contribution in [0.3, 0.4) is 0 Å². The third-order valence-electron chi connectivity index (χ3n) is 3.45. The van der Waals surface area contributed by atoms with Crippen molar-refractivity contribution in [2.75, 3.05) is 38.7 Å². The number of nitrogens with one attached hydrogen (secondary N) is 2. The van der Waals surface area contributed by atoms with Crippen LogP contribution < -0.4 is 15.4 Å². The lowest BCUT2D eigenvalue weighted by atomic mass is 10.2. The molecule has 5 nitrogen and oxygen atoms in total. The first-order valence-corrected chi connectivity index (χ1v) is 9.54. The normalized spacial score (nSPS) is 10.9. The number of hydrogen-bond donors (Lipinski definition) is 2. The van der Waals surface area contributed by atoms with Gasteiger partial charge in [0, 0.05) is 45.0 Å². The van der Waals surface area contributed by atoms with Crippen LogP contribution >= 0.6 is 35.3 Å². The summed E-state index contributed by atoms with van der Waals surface area (Å²) >= 11 is 1.72. The molecule has 7 heteroatoms. The molecule has 0 saturated heterocycles. The molecule has 2 N–H and O–H groups in total. The zero-order valence-corrected chi connectivity index (χ0v) is 18.5. The van der Waals surface area contributed by atoms with Gasteiger partial charge in [-0.15, -0.1) is 24.0 Å². The standard InChI is InChI=1S/C19H27N3O2S.HI/c1-3-20-19(21-10-8-16-9-13-25-15-16)22-17-6-4-7-18(14-17)24-12-5-11-23-2;/h4,6-7,9,13-15H,3,5,8,10-12H2,1-2H3,(H2,20,21,22);1H. The van der Waals surface area contributed by atoms with E-state index in [-0.39, 0.29) is 24.0 Å². The number of rotatable bonds is 10. The monoisotopic (exact) mass is 489 g/mol. The topological polar surface area (TPSA) is 54.9 Å². The fourth-order valence-electron chi connectivity index (χ4n) is 2.23. The van der Waals surface area contributed by atoms with E-state index in [2.05, 4.69) is 39.4 Å². The van der Waals surface area contributed by atoms with Crippen molar-refractivity contribution in [1.29, 1.82) is 0 Å². The van der Waals surface area contributed by atoms with Gasteiger partial charge < -0.3 is 20.1 Å². The predicted octanol–water partition coefficient (Wildman–Crippen LogP) is 4.40. The van der Waals surface area contributed by atoms with Gasteiger partial charge in [-0.05, 0) is 47.9 Å². The number of thiophene rings is 1. The second-order valence-electron chi connectivity index (χ2n) is 5.49. The fraction of sp³-hybridized carbons (Fsp3) is 0.421. The largest absolute Gasteiger partial charge is 0.493 e. The molecule has 0 spiro atoms. The van der Waals surface area contributed by atoms with Crippen molar-refractivity contribution >= 4 is 47.0 Å². The van der Waals surface area contributed by atoms with Gasteiger partial charge in [0.05, 0.1) is 6.61 Å². The molecule has 2 aromatic rings. The van der Waals surface area contributed by atoms with Crippen LogP contribution in [0.1, 0.15) is 18.9 Å². The zero-order chi connectivity index (χ0) is 17.7. The summed E-state index contributed by atoms with van der Waals surface area (Å²) in [5, 5.41) is 10.9. The molecular formula is C19H28IN3O2S. The van der Waals surface area contributed by atoms with Crippen molar-refractivity contribution in [1.82, 2.24) is 5.32 Å². The highest BCUT2D eigenvalue weighted by Gasteiger charge is 2.02. The van der Waals surface area contributed by atoms with Crippen LogP contribution in [0, 0.1) is 0 Å². The van der Waals surface area contributed by atoms with Gasteiger partial charge in [0.2, 0.25) is 0 Å². The van der Waals surface area contributed by atoms with E-state index in [0.717, 1.165) is 43.3 Å². The van der Waals surface area contributed by atoms with Crippen molar-refractivity contribution in [2.24, 2.45) is 4.99 Å². The number of aliphatic imine (C=N–C) groups is 1. The summed E-state index contributed by atoms with van der Waals surface area (Å²) in [5.74, 6) is 1.63. The third-order valence-corrected chi connectivity index (χ3v) is 4.19. The van der Waals surface area contributed by atoms with E-state index in [0.29, 0.717) is 13.2 Å². The second kappa shape index (κ2) is 13.8. The highest BCUT2D eigenvalue weighted by molar-refractivity contribution is 14.0. The predicted molar refractivity (Wildman–Crippen MR) is 121 cm³/mol. The molecule has 0 aliphatic rings. The molecule has 1 aromatic carbocycles. The summed E-state index contributed by atoms with van der Waals surface area (Å²) in [4.78, 5) is 4.64. The molecule has 0 atom stereocenters. The van der Waals surface area contributed by atoms with E-state index in [1.807, 2.05) is 24.3 Å². The lowest BCUT2D eigenvalue weighted by Crippen LogP contribution is -2.30. The molecule has 0 aliphatic carbocycles. The molecule has 0 aliphatic heterocycles. The van der Waals surface area contributed by atoms with E-state index >= 15 is 0 Å². The van der Waals surface area contributed by atoms with Crippen LogP contribution in [-0.4, -0.2) is 39.4 Å². The first-order chi connectivity index (χ1) is 12.3. The van der Waals surface area contributed by atoms with E-state index in [1.54, 1.807) is 18.4 Å². The summed E-state index contributed by atoms with van der Waals surface area (Å²) in [5.41, 5.74) is 2.29. The summed E-state index contributed by atoms with van der Waals surface area (Å²) < 4.78 is 10.8. The van der Waals surface area contributed by atoms with Crippen molar-refractivity contribution in [3.63, 3.8) is 0 Å². The number of benzene rings is 1. The van der Waals surface area contributed by atoms with Gasteiger partial charge in [0.15, 0.2) is 5.96 Å². The summed E-state index contributed by atoms with van der Waals surface area (Å²) in [6.45, 7) is 4.98. The Kier molecular flexibility index (Phi) is 12.1. The van der Waals surface area contributed by atoms with Crippen molar-refractivity contribution in [3.05, 3.63) is 46.7 Å². The summed E-state index contributed by atoms with van der Waals surface area (Å²) in [6.07, 6.45) is 1.82. The number of nitrogens with zero attached hydrogens (tertiary/aromatic N) is 1. The third kappa shape index (κ3) is 8.86. The Hall–Kier alpha value is -1.32.